The van der Waals surface area contributed by atoms with Crippen molar-refractivity contribution in [3.63, 3.8) is 0 Å². The molecule has 23 heavy (non-hydrogen) atoms. The monoisotopic (exact) mass is 410 g/mol. The Morgan fingerprint density at radius 1 is 1.13 bits per heavy atom. The maximum absolute atomic E-state index is 12.0. The van der Waals surface area contributed by atoms with Crippen LogP contribution in [0.1, 0.15) is 16.1 Å². The van der Waals surface area contributed by atoms with E-state index in [9.17, 15) is 4.79 Å². The molecule has 10 heteroatoms. The van der Waals surface area contributed by atoms with E-state index in [4.69, 9.17) is 63.7 Å². The van der Waals surface area contributed by atoms with Gasteiger partial charge in [0.15, 0.2) is 10.8 Å². The van der Waals surface area contributed by atoms with Crippen molar-refractivity contribution in [2.75, 3.05) is 5.73 Å². The van der Waals surface area contributed by atoms with Crippen LogP contribution in [0, 0.1) is 0 Å². The smallest absolute Gasteiger partial charge is 0.291 e. The van der Waals surface area contributed by atoms with E-state index in [2.05, 4.69) is 15.5 Å². The molecule has 0 saturated heterocycles. The molecule has 0 unspecified atom stereocenters. The molecule has 0 atom stereocenters. The van der Waals surface area contributed by atoms with Gasteiger partial charge >= 0.3 is 0 Å². The molecule has 3 N–H and O–H groups in total. The van der Waals surface area contributed by atoms with E-state index in [1.807, 2.05) is 0 Å². The van der Waals surface area contributed by atoms with Gasteiger partial charge in [0, 0.05) is 5.56 Å². The maximum Gasteiger partial charge on any atom is 0.291 e. The minimum absolute atomic E-state index is 0.0255. The number of hydrogen-bond acceptors (Lipinski definition) is 4. The van der Waals surface area contributed by atoms with Gasteiger partial charge in [-0.2, -0.15) is 5.10 Å². The van der Waals surface area contributed by atoms with E-state index in [0.29, 0.717) is 15.6 Å². The summed E-state index contributed by atoms with van der Waals surface area (Å²) in [4.78, 5) is 15.8. The molecule has 0 aliphatic rings. The zero-order valence-electron chi connectivity index (χ0n) is 11.1. The lowest BCUT2D eigenvalue weighted by molar-refractivity contribution is 0.0950. The van der Waals surface area contributed by atoms with Crippen molar-refractivity contribution in [1.82, 2.24) is 10.4 Å². The topological polar surface area (TPSA) is 80.4 Å². The van der Waals surface area contributed by atoms with E-state index in [-0.39, 0.29) is 26.6 Å². The third-order valence-corrected chi connectivity index (χ3v) is 4.61. The van der Waals surface area contributed by atoms with E-state index >= 15 is 0 Å². The first kappa shape index (κ1) is 18.1. The number of aromatic nitrogens is 1. The third-order valence-electron chi connectivity index (χ3n) is 2.64. The predicted molar refractivity (Wildman–Crippen MR) is 95.2 cm³/mol. The van der Waals surface area contributed by atoms with E-state index in [1.165, 1.54) is 6.21 Å². The fraction of sp³-hybridized carbons (Fsp3) is 0. The van der Waals surface area contributed by atoms with Gasteiger partial charge < -0.3 is 5.73 Å². The number of hydrazone groups is 1. The highest BCUT2D eigenvalue weighted by Gasteiger charge is 2.19. The van der Waals surface area contributed by atoms with Crippen molar-refractivity contribution in [3.8, 4) is 0 Å². The zero-order valence-corrected chi connectivity index (χ0v) is 14.9. The minimum Gasteiger partial charge on any atom is -0.396 e. The summed E-state index contributed by atoms with van der Waals surface area (Å²) in [7, 11) is 0. The van der Waals surface area contributed by atoms with Crippen LogP contribution in [0.3, 0.4) is 0 Å². The number of rotatable bonds is 3. The average Bonchev–Trinajstić information content (AvgIpc) is 2.52. The summed E-state index contributed by atoms with van der Waals surface area (Å²) in [5.41, 5.74) is 8.15. The summed E-state index contributed by atoms with van der Waals surface area (Å²) in [5, 5.41) is 4.15. The SMILES string of the molecule is Nc1c(Cl)c(Cl)nc(C(=O)N/N=C/c2cccc(Cl)c2Cl)c1Cl. The summed E-state index contributed by atoms with van der Waals surface area (Å²) >= 11 is 29.3. The molecular weight excluding hydrogens is 405 g/mol. The first-order chi connectivity index (χ1) is 10.8. The lowest BCUT2D eigenvalue weighted by Crippen LogP contribution is -2.20. The molecule has 1 aromatic carbocycles. The molecule has 0 fully saturated rings. The Kier molecular flexibility index (Phi) is 5.95. The average molecular weight is 412 g/mol. The van der Waals surface area contributed by atoms with Crippen LogP contribution >= 0.6 is 58.0 Å². The summed E-state index contributed by atoms with van der Waals surface area (Å²) in [6.45, 7) is 0. The Bertz CT molecular complexity index is 809. The molecule has 5 nitrogen and oxygen atoms in total. The summed E-state index contributed by atoms with van der Waals surface area (Å²) < 4.78 is 0. The Morgan fingerprint density at radius 3 is 2.52 bits per heavy atom. The Balaban J connectivity index is 2.20. The third kappa shape index (κ3) is 4.00. The summed E-state index contributed by atoms with van der Waals surface area (Å²) in [6, 6.07) is 4.99. The van der Waals surface area contributed by atoms with Gasteiger partial charge in [0.25, 0.3) is 5.91 Å². The fourth-order valence-corrected chi connectivity index (χ4v) is 2.47. The fourth-order valence-electron chi connectivity index (χ4n) is 1.52. The largest absolute Gasteiger partial charge is 0.396 e. The van der Waals surface area contributed by atoms with Gasteiger partial charge in [0.05, 0.1) is 27.0 Å². The molecule has 2 rings (SSSR count). The van der Waals surface area contributed by atoms with Gasteiger partial charge in [-0.05, 0) is 6.07 Å². The highest BCUT2D eigenvalue weighted by Crippen LogP contribution is 2.34. The molecule has 0 bridgehead atoms. The molecule has 1 heterocycles. The van der Waals surface area contributed by atoms with E-state index < -0.39 is 5.91 Å². The molecule has 0 aliphatic heterocycles. The first-order valence-electron chi connectivity index (χ1n) is 5.90. The van der Waals surface area contributed by atoms with Crippen molar-refractivity contribution >= 4 is 75.8 Å². The van der Waals surface area contributed by atoms with Crippen LogP contribution in [0.15, 0.2) is 23.3 Å². The predicted octanol–water partition coefficient (Wildman–Crippen LogP) is 4.69. The number of hydrogen-bond donors (Lipinski definition) is 2. The molecule has 0 saturated carbocycles. The van der Waals surface area contributed by atoms with Crippen LogP contribution < -0.4 is 11.2 Å². The van der Waals surface area contributed by atoms with Crippen LogP contribution in [-0.4, -0.2) is 17.1 Å². The second-order valence-corrected chi connectivity index (χ2v) is 6.03. The summed E-state index contributed by atoms with van der Waals surface area (Å²) in [6.07, 6.45) is 1.32. The second kappa shape index (κ2) is 7.55. The first-order valence-corrected chi connectivity index (χ1v) is 7.79. The second-order valence-electron chi connectivity index (χ2n) is 4.14. The number of nitrogens with zero attached hydrogens (tertiary/aromatic N) is 2. The van der Waals surface area contributed by atoms with Crippen LogP contribution in [0.4, 0.5) is 5.69 Å². The Labute approximate surface area is 156 Å². The molecule has 1 amide bonds. The van der Waals surface area contributed by atoms with Crippen LogP contribution in [0.5, 0.6) is 0 Å². The van der Waals surface area contributed by atoms with Crippen molar-refractivity contribution < 1.29 is 4.79 Å². The molecule has 120 valence electrons. The van der Waals surface area contributed by atoms with Crippen molar-refractivity contribution in [2.45, 2.75) is 0 Å². The van der Waals surface area contributed by atoms with Crippen molar-refractivity contribution in [2.24, 2.45) is 5.10 Å². The van der Waals surface area contributed by atoms with Crippen molar-refractivity contribution in [1.29, 1.82) is 0 Å². The molecular formula is C13H7Cl5N4O. The number of nitrogens with one attached hydrogen (secondary N) is 1. The van der Waals surface area contributed by atoms with Gasteiger partial charge in [-0.25, -0.2) is 10.4 Å². The van der Waals surface area contributed by atoms with Crippen molar-refractivity contribution in [3.05, 3.63) is 54.7 Å². The quantitative estimate of drug-likeness (QED) is 0.436. The van der Waals surface area contributed by atoms with Crippen LogP contribution in [0.2, 0.25) is 25.2 Å². The number of anilines is 1. The lowest BCUT2D eigenvalue weighted by Gasteiger charge is -2.07. The number of pyridine rings is 1. The molecule has 0 spiro atoms. The normalized spacial score (nSPS) is 11.0. The molecule has 2 aromatic rings. The standard InChI is InChI=1S/C13H7Cl5N4O/c14-6-3-1-2-5(7(6)15)4-20-22-13(23)11-8(16)10(19)9(17)12(18)21-11/h1-4H,(H2,19,21)(H,22,23)/b20-4+. The minimum atomic E-state index is -0.713. The highest BCUT2D eigenvalue weighted by molar-refractivity contribution is 6.46. The van der Waals surface area contributed by atoms with E-state index in [1.54, 1.807) is 18.2 Å². The number of carbonyl (C=O) groups excluding carboxylic acids is 1. The van der Waals surface area contributed by atoms with Gasteiger partial charge in [-0.15, -0.1) is 0 Å². The van der Waals surface area contributed by atoms with E-state index in [0.717, 1.165) is 0 Å². The number of nitrogen functional groups attached to an aromatic ring is 1. The molecule has 1 aromatic heterocycles. The van der Waals surface area contributed by atoms with Gasteiger partial charge in [-0.1, -0.05) is 70.1 Å². The van der Waals surface area contributed by atoms with Crippen LogP contribution in [0.25, 0.3) is 0 Å². The maximum atomic E-state index is 12.0. The highest BCUT2D eigenvalue weighted by atomic mass is 35.5. The number of amides is 1. The van der Waals surface area contributed by atoms with Gasteiger partial charge in [0.2, 0.25) is 0 Å². The number of carbonyl (C=O) groups is 1. The molecule has 0 radical (unpaired) electrons. The Morgan fingerprint density at radius 2 is 1.83 bits per heavy atom. The number of nitrogens with two attached hydrogens (primary N) is 1. The lowest BCUT2D eigenvalue weighted by atomic mass is 10.2. The molecule has 0 aliphatic carbocycles. The Hall–Kier alpha value is -1.24. The van der Waals surface area contributed by atoms with Gasteiger partial charge in [-0.3, -0.25) is 4.79 Å². The zero-order chi connectivity index (χ0) is 17.1. The van der Waals surface area contributed by atoms with Crippen LogP contribution in [-0.2, 0) is 0 Å². The number of halogens is 5. The summed E-state index contributed by atoms with van der Waals surface area (Å²) in [5.74, 6) is -0.713. The van der Waals surface area contributed by atoms with Gasteiger partial charge in [0.1, 0.15) is 5.02 Å². The number of benzene rings is 1.